The molecule has 1 fully saturated rings. The molecular formula is C13H18FNO2. The second-order valence-corrected chi connectivity index (χ2v) is 4.53. The SMILES string of the molecule is Cc1cc(OC2CCOC2)c(C(C)N)cc1F. The molecule has 0 spiro atoms. The van der Waals surface area contributed by atoms with E-state index in [2.05, 4.69) is 0 Å². The highest BCUT2D eigenvalue weighted by atomic mass is 19.1. The van der Waals surface area contributed by atoms with E-state index in [0.717, 1.165) is 13.0 Å². The summed E-state index contributed by atoms with van der Waals surface area (Å²) in [5.74, 6) is 0.432. The predicted molar refractivity (Wildman–Crippen MR) is 63.6 cm³/mol. The summed E-state index contributed by atoms with van der Waals surface area (Å²) in [5, 5.41) is 0. The quantitative estimate of drug-likeness (QED) is 0.880. The maximum atomic E-state index is 13.5. The molecule has 3 nitrogen and oxygen atoms in total. The highest BCUT2D eigenvalue weighted by Crippen LogP contribution is 2.29. The molecule has 1 aromatic carbocycles. The van der Waals surface area contributed by atoms with Crippen molar-refractivity contribution < 1.29 is 13.9 Å². The number of nitrogens with two attached hydrogens (primary N) is 1. The van der Waals surface area contributed by atoms with Crippen LogP contribution in [-0.2, 0) is 4.74 Å². The normalized spacial score (nSPS) is 21.5. The van der Waals surface area contributed by atoms with Gasteiger partial charge in [-0.25, -0.2) is 4.39 Å². The van der Waals surface area contributed by atoms with Gasteiger partial charge in [-0.3, -0.25) is 0 Å². The maximum Gasteiger partial charge on any atom is 0.126 e. The summed E-state index contributed by atoms with van der Waals surface area (Å²) in [5.41, 5.74) is 7.11. The molecule has 2 N–H and O–H groups in total. The number of ether oxygens (including phenoxy) is 2. The lowest BCUT2D eigenvalue weighted by atomic mass is 10.0. The van der Waals surface area contributed by atoms with Crippen LogP contribution >= 0.6 is 0 Å². The number of aryl methyl sites for hydroxylation is 1. The molecule has 0 bridgehead atoms. The van der Waals surface area contributed by atoms with Crippen LogP contribution in [0.2, 0.25) is 0 Å². The zero-order chi connectivity index (χ0) is 12.4. The smallest absolute Gasteiger partial charge is 0.126 e. The van der Waals surface area contributed by atoms with Gasteiger partial charge in [-0.2, -0.15) is 0 Å². The van der Waals surface area contributed by atoms with Gasteiger partial charge in [0.1, 0.15) is 17.7 Å². The van der Waals surface area contributed by atoms with Crippen LogP contribution in [-0.4, -0.2) is 19.3 Å². The van der Waals surface area contributed by atoms with Gasteiger partial charge in [0.05, 0.1) is 13.2 Å². The van der Waals surface area contributed by atoms with Gasteiger partial charge in [0.25, 0.3) is 0 Å². The largest absolute Gasteiger partial charge is 0.488 e. The molecule has 1 saturated heterocycles. The molecule has 1 heterocycles. The fraction of sp³-hybridized carbons (Fsp3) is 0.538. The Labute approximate surface area is 101 Å². The second kappa shape index (κ2) is 5.02. The minimum absolute atomic E-state index is 0.0531. The molecule has 2 atom stereocenters. The van der Waals surface area contributed by atoms with E-state index in [4.69, 9.17) is 15.2 Å². The zero-order valence-electron chi connectivity index (χ0n) is 10.2. The Hall–Kier alpha value is -1.13. The Bertz CT molecular complexity index is 401. The molecule has 0 aliphatic carbocycles. The lowest BCUT2D eigenvalue weighted by Gasteiger charge is -2.18. The van der Waals surface area contributed by atoms with Gasteiger partial charge >= 0.3 is 0 Å². The van der Waals surface area contributed by atoms with Crippen molar-refractivity contribution in [3.63, 3.8) is 0 Å². The molecule has 1 aliphatic heterocycles. The van der Waals surface area contributed by atoms with E-state index in [9.17, 15) is 4.39 Å². The van der Waals surface area contributed by atoms with Crippen molar-refractivity contribution in [1.29, 1.82) is 0 Å². The first-order valence-electron chi connectivity index (χ1n) is 5.88. The Morgan fingerprint density at radius 1 is 1.53 bits per heavy atom. The number of rotatable bonds is 3. The third-order valence-corrected chi connectivity index (χ3v) is 2.96. The number of hydrogen-bond acceptors (Lipinski definition) is 3. The average Bonchev–Trinajstić information content (AvgIpc) is 2.75. The first-order chi connectivity index (χ1) is 8.08. The van der Waals surface area contributed by atoms with Crippen molar-refractivity contribution in [2.24, 2.45) is 5.73 Å². The predicted octanol–water partition coefficient (Wildman–Crippen LogP) is 2.32. The van der Waals surface area contributed by atoms with Crippen molar-refractivity contribution in [1.82, 2.24) is 0 Å². The fourth-order valence-corrected chi connectivity index (χ4v) is 1.91. The van der Waals surface area contributed by atoms with E-state index in [1.165, 1.54) is 6.07 Å². The summed E-state index contributed by atoms with van der Waals surface area (Å²) in [6, 6.07) is 2.93. The Balaban J connectivity index is 2.26. The first-order valence-corrected chi connectivity index (χ1v) is 5.88. The van der Waals surface area contributed by atoms with Crippen molar-refractivity contribution in [2.45, 2.75) is 32.4 Å². The molecule has 2 unspecified atom stereocenters. The third kappa shape index (κ3) is 2.76. The van der Waals surface area contributed by atoms with E-state index < -0.39 is 0 Å². The Morgan fingerprint density at radius 2 is 2.29 bits per heavy atom. The summed E-state index contributed by atoms with van der Waals surface area (Å²) in [4.78, 5) is 0. The van der Waals surface area contributed by atoms with Crippen LogP contribution in [0.1, 0.15) is 30.5 Å². The molecule has 2 rings (SSSR count). The van der Waals surface area contributed by atoms with Gasteiger partial charge in [0, 0.05) is 18.0 Å². The van der Waals surface area contributed by atoms with Crippen molar-refractivity contribution in [3.8, 4) is 5.75 Å². The van der Waals surface area contributed by atoms with Crippen molar-refractivity contribution >= 4 is 0 Å². The minimum Gasteiger partial charge on any atom is -0.488 e. The molecule has 94 valence electrons. The van der Waals surface area contributed by atoms with Gasteiger partial charge in [0.2, 0.25) is 0 Å². The van der Waals surface area contributed by atoms with Crippen LogP contribution in [0.5, 0.6) is 5.75 Å². The third-order valence-electron chi connectivity index (χ3n) is 2.96. The average molecular weight is 239 g/mol. The van der Waals surface area contributed by atoms with Crippen LogP contribution in [0, 0.1) is 12.7 Å². The number of benzene rings is 1. The summed E-state index contributed by atoms with van der Waals surface area (Å²) < 4.78 is 24.6. The van der Waals surface area contributed by atoms with Crippen molar-refractivity contribution in [3.05, 3.63) is 29.1 Å². The number of halogens is 1. The molecule has 0 radical (unpaired) electrons. The van der Waals surface area contributed by atoms with Gasteiger partial charge in [0.15, 0.2) is 0 Å². The monoisotopic (exact) mass is 239 g/mol. The summed E-state index contributed by atoms with van der Waals surface area (Å²) >= 11 is 0. The Kier molecular flexibility index (Phi) is 3.64. The molecule has 0 amide bonds. The summed E-state index contributed by atoms with van der Waals surface area (Å²) in [7, 11) is 0. The fourth-order valence-electron chi connectivity index (χ4n) is 1.91. The summed E-state index contributed by atoms with van der Waals surface area (Å²) in [6.45, 7) is 4.85. The van der Waals surface area contributed by atoms with E-state index in [1.54, 1.807) is 13.0 Å². The van der Waals surface area contributed by atoms with E-state index in [-0.39, 0.29) is 18.0 Å². The van der Waals surface area contributed by atoms with E-state index in [1.807, 2.05) is 6.92 Å². The minimum atomic E-state index is -0.248. The van der Waals surface area contributed by atoms with E-state index >= 15 is 0 Å². The molecule has 0 saturated carbocycles. The molecule has 1 aliphatic rings. The maximum absolute atomic E-state index is 13.5. The van der Waals surface area contributed by atoms with Gasteiger partial charge in [-0.05, 0) is 31.5 Å². The molecular weight excluding hydrogens is 221 g/mol. The molecule has 0 aromatic heterocycles. The lowest BCUT2D eigenvalue weighted by molar-refractivity contribution is 0.140. The molecule has 17 heavy (non-hydrogen) atoms. The number of hydrogen-bond donors (Lipinski definition) is 1. The van der Waals surface area contributed by atoms with Gasteiger partial charge < -0.3 is 15.2 Å². The summed E-state index contributed by atoms with van der Waals surface area (Å²) in [6.07, 6.45) is 0.923. The van der Waals surface area contributed by atoms with Crippen molar-refractivity contribution in [2.75, 3.05) is 13.2 Å². The van der Waals surface area contributed by atoms with E-state index in [0.29, 0.717) is 23.5 Å². The van der Waals surface area contributed by atoms with Crippen LogP contribution in [0.25, 0.3) is 0 Å². The van der Waals surface area contributed by atoms with Gasteiger partial charge in [-0.1, -0.05) is 0 Å². The standard InChI is InChI=1S/C13H18FNO2/c1-8-5-13(17-10-3-4-16-7-10)11(9(2)15)6-12(8)14/h5-6,9-10H,3-4,7,15H2,1-2H3. The lowest BCUT2D eigenvalue weighted by Crippen LogP contribution is -2.18. The van der Waals surface area contributed by atoms with Crippen LogP contribution in [0.3, 0.4) is 0 Å². The second-order valence-electron chi connectivity index (χ2n) is 4.53. The molecule has 4 heteroatoms. The van der Waals surface area contributed by atoms with Crippen LogP contribution in [0.4, 0.5) is 4.39 Å². The molecule has 1 aromatic rings. The van der Waals surface area contributed by atoms with Crippen LogP contribution < -0.4 is 10.5 Å². The topological polar surface area (TPSA) is 44.5 Å². The van der Waals surface area contributed by atoms with Gasteiger partial charge in [-0.15, -0.1) is 0 Å². The highest BCUT2D eigenvalue weighted by Gasteiger charge is 2.20. The Morgan fingerprint density at radius 3 is 2.88 bits per heavy atom. The first kappa shape index (κ1) is 12.3. The zero-order valence-corrected chi connectivity index (χ0v) is 10.2. The highest BCUT2D eigenvalue weighted by molar-refractivity contribution is 5.40. The van der Waals surface area contributed by atoms with Crippen LogP contribution in [0.15, 0.2) is 12.1 Å².